The van der Waals surface area contributed by atoms with Gasteiger partial charge in [0.2, 0.25) is 5.91 Å². The van der Waals surface area contributed by atoms with Crippen LogP contribution in [0.4, 0.5) is 4.39 Å². The maximum absolute atomic E-state index is 12.7. The number of benzene rings is 1. The first kappa shape index (κ1) is 17.1. The number of esters is 1. The third kappa shape index (κ3) is 6.85. The second-order valence-corrected chi connectivity index (χ2v) is 4.61. The average Bonchev–Trinajstić information content (AvgIpc) is 2.48. The molecular weight excluding hydrogens is 275 g/mol. The number of nitrogens with one attached hydrogen (secondary N) is 1. The first-order chi connectivity index (χ1) is 10.0. The highest BCUT2D eigenvalue weighted by atomic mass is 19.1. The van der Waals surface area contributed by atoms with Gasteiger partial charge in [0.05, 0.1) is 20.2 Å². The summed E-state index contributed by atoms with van der Waals surface area (Å²) in [6.45, 7) is 3.17. The summed E-state index contributed by atoms with van der Waals surface area (Å²) in [4.78, 5) is 24.6. The van der Waals surface area contributed by atoms with Crippen LogP contribution in [-0.4, -0.2) is 50.1 Å². The third-order valence-electron chi connectivity index (χ3n) is 3.04. The number of methoxy groups -OCH3 is 1. The Hall–Kier alpha value is -1.95. The minimum Gasteiger partial charge on any atom is -0.468 e. The fourth-order valence-electron chi connectivity index (χ4n) is 1.78. The molecule has 21 heavy (non-hydrogen) atoms. The van der Waals surface area contributed by atoms with Crippen LogP contribution in [0.25, 0.3) is 0 Å². The Morgan fingerprint density at radius 2 is 1.90 bits per heavy atom. The monoisotopic (exact) mass is 296 g/mol. The number of hydrogen-bond donors (Lipinski definition) is 1. The summed E-state index contributed by atoms with van der Waals surface area (Å²) in [6.07, 6.45) is 0.634. The lowest BCUT2D eigenvalue weighted by molar-refractivity contribution is -0.142. The molecule has 0 aliphatic heterocycles. The molecule has 1 rings (SSSR count). The van der Waals surface area contributed by atoms with E-state index in [0.717, 1.165) is 5.56 Å². The van der Waals surface area contributed by atoms with Crippen molar-refractivity contribution in [2.24, 2.45) is 0 Å². The molecule has 1 amide bonds. The highest BCUT2D eigenvalue weighted by Crippen LogP contribution is 2.02. The topological polar surface area (TPSA) is 58.6 Å². The fourth-order valence-corrected chi connectivity index (χ4v) is 1.78. The molecule has 0 saturated heterocycles. The SMILES string of the molecule is CCN(CC(=O)NCCc1ccc(F)cc1)CC(=O)OC. The Labute approximate surface area is 124 Å². The predicted molar refractivity (Wildman–Crippen MR) is 77.2 cm³/mol. The molecule has 0 unspecified atom stereocenters. The molecule has 0 aliphatic carbocycles. The van der Waals surface area contributed by atoms with Gasteiger partial charge in [-0.25, -0.2) is 4.39 Å². The molecule has 0 radical (unpaired) electrons. The molecule has 0 fully saturated rings. The number of hydrogen-bond acceptors (Lipinski definition) is 4. The summed E-state index contributed by atoms with van der Waals surface area (Å²) in [5.74, 6) is -0.789. The lowest BCUT2D eigenvalue weighted by atomic mass is 10.1. The van der Waals surface area contributed by atoms with Crippen LogP contribution in [0.1, 0.15) is 12.5 Å². The lowest BCUT2D eigenvalue weighted by Crippen LogP contribution is -2.40. The van der Waals surface area contributed by atoms with Gasteiger partial charge in [-0.05, 0) is 30.7 Å². The van der Waals surface area contributed by atoms with Gasteiger partial charge in [-0.2, -0.15) is 0 Å². The van der Waals surface area contributed by atoms with Crippen molar-refractivity contribution in [1.82, 2.24) is 10.2 Å². The van der Waals surface area contributed by atoms with Gasteiger partial charge in [0.1, 0.15) is 5.82 Å². The number of carbonyl (C=O) groups is 2. The number of halogens is 1. The van der Waals surface area contributed by atoms with E-state index in [2.05, 4.69) is 10.1 Å². The fraction of sp³-hybridized carbons (Fsp3) is 0.467. The molecule has 0 atom stereocenters. The van der Waals surface area contributed by atoms with E-state index in [0.29, 0.717) is 19.5 Å². The quantitative estimate of drug-likeness (QED) is 0.727. The Morgan fingerprint density at radius 1 is 1.24 bits per heavy atom. The van der Waals surface area contributed by atoms with Crippen LogP contribution in [0.2, 0.25) is 0 Å². The van der Waals surface area contributed by atoms with E-state index in [9.17, 15) is 14.0 Å². The summed E-state index contributed by atoms with van der Waals surface area (Å²) >= 11 is 0. The minimum absolute atomic E-state index is 0.0956. The van der Waals surface area contributed by atoms with Gasteiger partial charge in [-0.15, -0.1) is 0 Å². The summed E-state index contributed by atoms with van der Waals surface area (Å²) < 4.78 is 17.3. The highest BCUT2D eigenvalue weighted by Gasteiger charge is 2.12. The van der Waals surface area contributed by atoms with Gasteiger partial charge in [0.25, 0.3) is 0 Å². The molecule has 0 saturated carbocycles. The number of carbonyl (C=O) groups excluding carboxylic acids is 2. The summed E-state index contributed by atoms with van der Waals surface area (Å²) in [6, 6.07) is 6.17. The zero-order valence-corrected chi connectivity index (χ0v) is 12.4. The van der Waals surface area contributed by atoms with E-state index in [1.165, 1.54) is 19.2 Å². The lowest BCUT2D eigenvalue weighted by Gasteiger charge is -2.18. The number of rotatable bonds is 8. The standard InChI is InChI=1S/C15H21FN2O3/c1-3-18(11-15(20)21-2)10-14(19)17-9-8-12-4-6-13(16)7-5-12/h4-7H,3,8-11H2,1-2H3,(H,17,19). The van der Waals surface area contributed by atoms with Crippen molar-refractivity contribution >= 4 is 11.9 Å². The van der Waals surface area contributed by atoms with E-state index in [1.807, 2.05) is 6.92 Å². The maximum atomic E-state index is 12.7. The molecular formula is C15H21FN2O3. The van der Waals surface area contributed by atoms with Crippen molar-refractivity contribution in [3.05, 3.63) is 35.6 Å². The Kier molecular flexibility index (Phi) is 7.39. The Morgan fingerprint density at radius 3 is 2.48 bits per heavy atom. The molecule has 0 spiro atoms. The minimum atomic E-state index is -0.365. The van der Waals surface area contributed by atoms with Gasteiger partial charge < -0.3 is 10.1 Å². The molecule has 5 nitrogen and oxygen atoms in total. The number of amides is 1. The smallest absolute Gasteiger partial charge is 0.319 e. The van der Waals surface area contributed by atoms with Crippen LogP contribution in [0.15, 0.2) is 24.3 Å². The van der Waals surface area contributed by atoms with E-state index in [1.54, 1.807) is 17.0 Å². The highest BCUT2D eigenvalue weighted by molar-refractivity contribution is 5.79. The zero-order chi connectivity index (χ0) is 15.7. The van der Waals surface area contributed by atoms with Crippen LogP contribution in [0, 0.1) is 5.82 Å². The van der Waals surface area contributed by atoms with Crippen molar-refractivity contribution in [2.45, 2.75) is 13.3 Å². The van der Waals surface area contributed by atoms with E-state index in [4.69, 9.17) is 0 Å². The van der Waals surface area contributed by atoms with E-state index in [-0.39, 0.29) is 30.8 Å². The van der Waals surface area contributed by atoms with Gasteiger partial charge in [-0.1, -0.05) is 19.1 Å². The largest absolute Gasteiger partial charge is 0.468 e. The van der Waals surface area contributed by atoms with Crippen LogP contribution in [0.3, 0.4) is 0 Å². The van der Waals surface area contributed by atoms with Crippen molar-refractivity contribution in [3.8, 4) is 0 Å². The number of ether oxygens (including phenoxy) is 1. The van der Waals surface area contributed by atoms with Gasteiger partial charge in [0.15, 0.2) is 0 Å². The van der Waals surface area contributed by atoms with Crippen molar-refractivity contribution in [1.29, 1.82) is 0 Å². The maximum Gasteiger partial charge on any atom is 0.319 e. The molecule has 1 aromatic rings. The summed E-state index contributed by atoms with van der Waals surface area (Å²) in [5.41, 5.74) is 0.957. The second kappa shape index (κ2) is 9.07. The summed E-state index contributed by atoms with van der Waals surface area (Å²) in [7, 11) is 1.32. The molecule has 0 aromatic heterocycles. The van der Waals surface area contributed by atoms with Crippen molar-refractivity contribution < 1.29 is 18.7 Å². The Bertz CT molecular complexity index is 462. The summed E-state index contributed by atoms with van der Waals surface area (Å²) in [5, 5.41) is 2.78. The van der Waals surface area contributed by atoms with Crippen molar-refractivity contribution in [3.63, 3.8) is 0 Å². The Balaban J connectivity index is 2.29. The molecule has 6 heteroatoms. The molecule has 1 aromatic carbocycles. The van der Waals surface area contributed by atoms with Crippen molar-refractivity contribution in [2.75, 3.05) is 33.3 Å². The van der Waals surface area contributed by atoms with Gasteiger partial charge in [-0.3, -0.25) is 14.5 Å². The first-order valence-corrected chi connectivity index (χ1v) is 6.85. The molecule has 116 valence electrons. The first-order valence-electron chi connectivity index (χ1n) is 6.85. The van der Waals surface area contributed by atoms with Crippen LogP contribution < -0.4 is 5.32 Å². The van der Waals surface area contributed by atoms with E-state index >= 15 is 0 Å². The molecule has 1 N–H and O–H groups in total. The van der Waals surface area contributed by atoms with Gasteiger partial charge in [0, 0.05) is 6.54 Å². The number of likely N-dealkylation sites (N-methyl/N-ethyl adjacent to an activating group) is 1. The predicted octanol–water partition coefficient (Wildman–Crippen LogP) is 0.979. The van der Waals surface area contributed by atoms with Crippen LogP contribution in [0.5, 0.6) is 0 Å². The normalized spacial score (nSPS) is 10.5. The second-order valence-electron chi connectivity index (χ2n) is 4.61. The molecule has 0 heterocycles. The van der Waals surface area contributed by atoms with Gasteiger partial charge >= 0.3 is 5.97 Å². The van der Waals surface area contributed by atoms with E-state index < -0.39 is 0 Å². The van der Waals surface area contributed by atoms with Crippen LogP contribution in [-0.2, 0) is 20.7 Å². The van der Waals surface area contributed by atoms with Crippen LogP contribution >= 0.6 is 0 Å². The number of nitrogens with zero attached hydrogens (tertiary/aromatic N) is 1. The zero-order valence-electron chi connectivity index (χ0n) is 12.4. The average molecular weight is 296 g/mol. The third-order valence-corrected chi connectivity index (χ3v) is 3.04. The molecule has 0 aliphatic rings. The molecule has 0 bridgehead atoms.